The Labute approximate surface area is 103 Å². The molecular formula is C12H14F3NO2. The molecule has 0 fully saturated rings. The van der Waals surface area contributed by atoms with E-state index < -0.39 is 18.8 Å². The van der Waals surface area contributed by atoms with Crippen LogP contribution in [0.5, 0.6) is 0 Å². The van der Waals surface area contributed by atoms with Crippen LogP contribution in [0.15, 0.2) is 30.3 Å². The van der Waals surface area contributed by atoms with Crippen molar-refractivity contribution in [2.45, 2.75) is 19.6 Å². The average molecular weight is 261 g/mol. The second-order valence-electron chi connectivity index (χ2n) is 3.66. The highest BCUT2D eigenvalue weighted by atomic mass is 19.4. The molecule has 6 heteroatoms. The topological polar surface area (TPSA) is 29.5 Å². The van der Waals surface area contributed by atoms with Crippen LogP contribution in [0.4, 0.5) is 18.0 Å². The molecule has 0 heterocycles. The van der Waals surface area contributed by atoms with E-state index in [9.17, 15) is 18.0 Å². The number of rotatable bonds is 4. The molecule has 1 rings (SSSR count). The first-order valence-electron chi connectivity index (χ1n) is 5.44. The molecule has 0 aliphatic carbocycles. The quantitative estimate of drug-likeness (QED) is 0.833. The molecule has 0 atom stereocenters. The molecule has 100 valence electrons. The summed E-state index contributed by atoms with van der Waals surface area (Å²) < 4.78 is 41.7. The van der Waals surface area contributed by atoms with Crippen molar-refractivity contribution in [3.8, 4) is 0 Å². The van der Waals surface area contributed by atoms with Crippen LogP contribution in [0.3, 0.4) is 0 Å². The Morgan fingerprint density at radius 2 is 1.89 bits per heavy atom. The Hall–Kier alpha value is -1.72. The summed E-state index contributed by atoms with van der Waals surface area (Å²) in [5, 5.41) is 0. The van der Waals surface area contributed by atoms with Gasteiger partial charge in [0.05, 0.1) is 6.61 Å². The van der Waals surface area contributed by atoms with Crippen LogP contribution in [-0.2, 0) is 11.3 Å². The van der Waals surface area contributed by atoms with Crippen molar-refractivity contribution in [3.63, 3.8) is 0 Å². The standard InChI is InChI=1S/C12H14F3NO2/c1-2-18-11(17)16(9-12(13,14)15)8-10-6-4-3-5-7-10/h3-7H,2,8-9H2,1H3. The minimum Gasteiger partial charge on any atom is -0.450 e. The molecule has 0 aliphatic rings. The predicted molar refractivity (Wildman–Crippen MR) is 59.9 cm³/mol. The fraction of sp³-hybridized carbons (Fsp3) is 0.417. The summed E-state index contributed by atoms with van der Waals surface area (Å²) in [4.78, 5) is 12.1. The van der Waals surface area contributed by atoms with Crippen LogP contribution in [0.25, 0.3) is 0 Å². The van der Waals surface area contributed by atoms with Gasteiger partial charge >= 0.3 is 12.3 Å². The Bertz CT molecular complexity index is 379. The zero-order chi connectivity index (χ0) is 13.6. The second-order valence-corrected chi connectivity index (χ2v) is 3.66. The predicted octanol–water partition coefficient (Wildman–Crippen LogP) is 3.21. The lowest BCUT2D eigenvalue weighted by molar-refractivity contribution is -0.143. The Morgan fingerprint density at radius 1 is 1.28 bits per heavy atom. The normalized spacial score (nSPS) is 11.1. The van der Waals surface area contributed by atoms with Gasteiger partial charge in [-0.15, -0.1) is 0 Å². The maximum Gasteiger partial charge on any atom is 0.410 e. The fourth-order valence-corrected chi connectivity index (χ4v) is 1.42. The molecule has 1 amide bonds. The van der Waals surface area contributed by atoms with Crippen LogP contribution in [0, 0.1) is 0 Å². The highest BCUT2D eigenvalue weighted by Gasteiger charge is 2.33. The van der Waals surface area contributed by atoms with Gasteiger partial charge in [-0.25, -0.2) is 4.79 Å². The van der Waals surface area contributed by atoms with Gasteiger partial charge in [0.2, 0.25) is 0 Å². The Morgan fingerprint density at radius 3 is 2.39 bits per heavy atom. The van der Waals surface area contributed by atoms with Crippen LogP contribution < -0.4 is 0 Å². The number of benzene rings is 1. The second kappa shape index (κ2) is 6.28. The van der Waals surface area contributed by atoms with E-state index in [0.717, 1.165) is 0 Å². The molecule has 0 spiro atoms. The first-order chi connectivity index (χ1) is 8.42. The molecule has 0 saturated heterocycles. The maximum absolute atomic E-state index is 12.4. The minimum absolute atomic E-state index is 0.0436. The lowest BCUT2D eigenvalue weighted by atomic mass is 10.2. The molecule has 0 aromatic heterocycles. The van der Waals surface area contributed by atoms with Gasteiger partial charge in [0.25, 0.3) is 0 Å². The lowest BCUT2D eigenvalue weighted by Gasteiger charge is -2.23. The number of ether oxygens (including phenoxy) is 1. The smallest absolute Gasteiger partial charge is 0.410 e. The van der Waals surface area contributed by atoms with E-state index in [1.807, 2.05) is 0 Å². The first-order valence-corrected chi connectivity index (χ1v) is 5.44. The number of hydrogen-bond acceptors (Lipinski definition) is 2. The number of alkyl halides is 3. The molecule has 18 heavy (non-hydrogen) atoms. The molecule has 0 unspecified atom stereocenters. The van der Waals surface area contributed by atoms with Crippen molar-refractivity contribution in [2.24, 2.45) is 0 Å². The summed E-state index contributed by atoms with van der Waals surface area (Å²) in [6, 6.07) is 8.46. The SMILES string of the molecule is CCOC(=O)N(Cc1ccccc1)CC(F)(F)F. The third kappa shape index (κ3) is 5.07. The van der Waals surface area contributed by atoms with E-state index in [-0.39, 0.29) is 13.2 Å². The largest absolute Gasteiger partial charge is 0.450 e. The van der Waals surface area contributed by atoms with Crippen molar-refractivity contribution in [1.29, 1.82) is 0 Å². The lowest BCUT2D eigenvalue weighted by Crippen LogP contribution is -2.38. The molecular weight excluding hydrogens is 247 g/mol. The van der Waals surface area contributed by atoms with Crippen molar-refractivity contribution in [1.82, 2.24) is 4.90 Å². The number of hydrogen-bond donors (Lipinski definition) is 0. The van der Waals surface area contributed by atoms with Gasteiger partial charge in [-0.3, -0.25) is 4.90 Å². The summed E-state index contributed by atoms with van der Waals surface area (Å²) in [7, 11) is 0. The van der Waals surface area contributed by atoms with E-state index in [1.54, 1.807) is 37.3 Å². The van der Waals surface area contributed by atoms with Crippen LogP contribution >= 0.6 is 0 Å². The van der Waals surface area contributed by atoms with E-state index in [4.69, 9.17) is 0 Å². The maximum atomic E-state index is 12.4. The van der Waals surface area contributed by atoms with Crippen molar-refractivity contribution >= 4 is 6.09 Å². The van der Waals surface area contributed by atoms with E-state index in [1.165, 1.54) is 0 Å². The van der Waals surface area contributed by atoms with Gasteiger partial charge in [0, 0.05) is 6.54 Å². The number of carbonyl (C=O) groups is 1. The van der Waals surface area contributed by atoms with Gasteiger partial charge < -0.3 is 4.74 Å². The van der Waals surface area contributed by atoms with Gasteiger partial charge in [-0.2, -0.15) is 13.2 Å². The molecule has 1 aromatic carbocycles. The summed E-state index contributed by atoms with van der Waals surface area (Å²) >= 11 is 0. The van der Waals surface area contributed by atoms with E-state index in [2.05, 4.69) is 4.74 Å². The van der Waals surface area contributed by atoms with Gasteiger partial charge in [-0.1, -0.05) is 30.3 Å². The number of amides is 1. The molecule has 0 radical (unpaired) electrons. The Balaban J connectivity index is 2.74. The van der Waals surface area contributed by atoms with E-state index in [0.29, 0.717) is 10.5 Å². The van der Waals surface area contributed by atoms with Gasteiger partial charge in [0.15, 0.2) is 0 Å². The molecule has 0 aliphatic heterocycles. The molecule has 1 aromatic rings. The highest BCUT2D eigenvalue weighted by molar-refractivity contribution is 5.67. The number of halogens is 3. The monoisotopic (exact) mass is 261 g/mol. The molecule has 0 bridgehead atoms. The van der Waals surface area contributed by atoms with Gasteiger partial charge in [-0.05, 0) is 12.5 Å². The van der Waals surface area contributed by atoms with E-state index >= 15 is 0 Å². The number of nitrogens with zero attached hydrogens (tertiary/aromatic N) is 1. The summed E-state index contributed by atoms with van der Waals surface area (Å²) in [6.07, 6.45) is -5.40. The molecule has 3 nitrogen and oxygen atoms in total. The number of carbonyl (C=O) groups excluding carboxylic acids is 1. The van der Waals surface area contributed by atoms with Crippen molar-refractivity contribution < 1.29 is 22.7 Å². The first kappa shape index (κ1) is 14.3. The highest BCUT2D eigenvalue weighted by Crippen LogP contribution is 2.18. The van der Waals surface area contributed by atoms with Crippen molar-refractivity contribution in [3.05, 3.63) is 35.9 Å². The zero-order valence-corrected chi connectivity index (χ0v) is 9.91. The summed E-state index contributed by atoms with van der Waals surface area (Å²) in [5.41, 5.74) is 0.620. The van der Waals surface area contributed by atoms with Crippen molar-refractivity contribution in [2.75, 3.05) is 13.2 Å². The van der Waals surface area contributed by atoms with Gasteiger partial charge in [0.1, 0.15) is 6.54 Å². The molecule has 0 N–H and O–H groups in total. The van der Waals surface area contributed by atoms with Crippen LogP contribution in [-0.4, -0.2) is 30.3 Å². The summed E-state index contributed by atoms with van der Waals surface area (Å²) in [6.45, 7) is 0.147. The third-order valence-corrected chi connectivity index (χ3v) is 2.11. The van der Waals surface area contributed by atoms with Crippen LogP contribution in [0.1, 0.15) is 12.5 Å². The van der Waals surface area contributed by atoms with Crippen LogP contribution in [0.2, 0.25) is 0 Å². The third-order valence-electron chi connectivity index (χ3n) is 2.11. The Kier molecular flexibility index (Phi) is 5.00. The average Bonchev–Trinajstić information content (AvgIpc) is 2.28. The molecule has 0 saturated carbocycles. The summed E-state index contributed by atoms with van der Waals surface area (Å²) in [5.74, 6) is 0. The zero-order valence-electron chi connectivity index (χ0n) is 9.91. The minimum atomic E-state index is -4.44. The fourth-order valence-electron chi connectivity index (χ4n) is 1.42.